The lowest BCUT2D eigenvalue weighted by molar-refractivity contribution is 0.220. The molecule has 1 aliphatic carbocycles. The third-order valence-corrected chi connectivity index (χ3v) is 6.08. The van der Waals surface area contributed by atoms with Gasteiger partial charge in [-0.15, -0.1) is 9.24 Å². The van der Waals surface area contributed by atoms with Crippen molar-refractivity contribution >= 4 is 9.24 Å². The van der Waals surface area contributed by atoms with Gasteiger partial charge in [-0.3, -0.25) is 0 Å². The molecule has 2 aromatic rings. The van der Waals surface area contributed by atoms with Gasteiger partial charge in [0.05, 0.1) is 0 Å². The fourth-order valence-corrected chi connectivity index (χ4v) is 5.03. The molecule has 0 spiro atoms. The molecule has 0 heterocycles. The molecule has 116 valence electrons. The summed E-state index contributed by atoms with van der Waals surface area (Å²) in [6.07, 6.45) is 3.76. The molecule has 1 heteroatoms. The predicted molar refractivity (Wildman–Crippen MR) is 100 cm³/mol. The van der Waals surface area contributed by atoms with Crippen molar-refractivity contribution in [3.8, 4) is 0 Å². The molecule has 0 N–H and O–H groups in total. The van der Waals surface area contributed by atoms with Gasteiger partial charge < -0.3 is 0 Å². The Labute approximate surface area is 137 Å². The number of hydrogen-bond acceptors (Lipinski definition) is 0. The zero-order chi connectivity index (χ0) is 15.9. The van der Waals surface area contributed by atoms with Crippen LogP contribution in [0.4, 0.5) is 0 Å². The lowest BCUT2D eigenvalue weighted by Gasteiger charge is -2.50. The highest BCUT2D eigenvalue weighted by atomic mass is 31.0. The van der Waals surface area contributed by atoms with Gasteiger partial charge in [0.2, 0.25) is 0 Å². The van der Waals surface area contributed by atoms with Gasteiger partial charge in [-0.1, -0.05) is 58.7 Å². The SMILES string of the molecule is Cc1cc(C)cc(C2CCC2(CP)c2cc(C)cc(C)c2)c1. The Morgan fingerprint density at radius 2 is 1.36 bits per heavy atom. The van der Waals surface area contributed by atoms with Crippen LogP contribution >= 0.6 is 9.24 Å². The Hall–Kier alpha value is -1.13. The van der Waals surface area contributed by atoms with Crippen LogP contribution in [0.2, 0.25) is 0 Å². The molecule has 3 rings (SSSR count). The molecule has 0 saturated heterocycles. The monoisotopic (exact) mass is 310 g/mol. The minimum Gasteiger partial charge on any atom is -0.137 e. The summed E-state index contributed by atoms with van der Waals surface area (Å²) in [5.74, 6) is 0.657. The van der Waals surface area contributed by atoms with E-state index in [1.807, 2.05) is 0 Å². The van der Waals surface area contributed by atoms with Crippen LogP contribution in [0.5, 0.6) is 0 Å². The van der Waals surface area contributed by atoms with Gasteiger partial charge in [-0.25, -0.2) is 0 Å². The second-order valence-corrected chi connectivity index (χ2v) is 7.66. The Kier molecular flexibility index (Phi) is 4.17. The quantitative estimate of drug-likeness (QED) is 0.646. The summed E-state index contributed by atoms with van der Waals surface area (Å²) in [6.45, 7) is 8.87. The van der Waals surface area contributed by atoms with Gasteiger partial charge in [-0.2, -0.15) is 0 Å². The van der Waals surface area contributed by atoms with E-state index in [0.717, 1.165) is 6.16 Å². The number of aryl methyl sites for hydroxylation is 4. The van der Waals surface area contributed by atoms with Gasteiger partial charge in [0.25, 0.3) is 0 Å². The summed E-state index contributed by atoms with van der Waals surface area (Å²) < 4.78 is 0. The van der Waals surface area contributed by atoms with Crippen molar-refractivity contribution < 1.29 is 0 Å². The second-order valence-electron chi connectivity index (χ2n) is 7.25. The fourth-order valence-electron chi connectivity index (χ4n) is 4.30. The molecule has 0 radical (unpaired) electrons. The Bertz CT molecular complexity index is 657. The Balaban J connectivity index is 2.06. The number of hydrogen-bond donors (Lipinski definition) is 0. The van der Waals surface area contributed by atoms with E-state index in [9.17, 15) is 0 Å². The van der Waals surface area contributed by atoms with Crippen molar-refractivity contribution in [1.82, 2.24) is 0 Å². The highest BCUT2D eigenvalue weighted by Crippen LogP contribution is 2.55. The zero-order valence-corrected chi connectivity index (χ0v) is 15.4. The van der Waals surface area contributed by atoms with E-state index in [0.29, 0.717) is 11.3 Å². The first kappa shape index (κ1) is 15.8. The van der Waals surface area contributed by atoms with Crippen molar-refractivity contribution in [1.29, 1.82) is 0 Å². The molecule has 0 bridgehead atoms. The minimum atomic E-state index is 0.307. The predicted octanol–water partition coefficient (Wildman–Crippen LogP) is 5.61. The summed E-state index contributed by atoms with van der Waals surface area (Å²) in [4.78, 5) is 0. The normalized spacial score (nSPS) is 24.1. The molecule has 2 aromatic carbocycles. The first-order chi connectivity index (χ1) is 10.4. The van der Waals surface area contributed by atoms with E-state index in [1.165, 1.54) is 46.2 Å². The Morgan fingerprint density at radius 3 is 1.77 bits per heavy atom. The van der Waals surface area contributed by atoms with Crippen LogP contribution in [-0.4, -0.2) is 6.16 Å². The van der Waals surface area contributed by atoms with Crippen molar-refractivity contribution in [3.63, 3.8) is 0 Å². The van der Waals surface area contributed by atoms with E-state index < -0.39 is 0 Å². The molecule has 3 atom stereocenters. The average Bonchev–Trinajstić information content (AvgIpc) is 2.36. The average molecular weight is 310 g/mol. The standard InChI is InChI=1S/C21H27P/c1-14-7-15(2)10-18(9-14)20-5-6-21(20,13-22)19-11-16(3)8-17(4)12-19/h7-12,20H,5-6,13,22H2,1-4H3. The van der Waals surface area contributed by atoms with Crippen LogP contribution in [0.3, 0.4) is 0 Å². The summed E-state index contributed by atoms with van der Waals surface area (Å²) in [7, 11) is 3.02. The van der Waals surface area contributed by atoms with Gasteiger partial charge in [0.15, 0.2) is 0 Å². The van der Waals surface area contributed by atoms with Gasteiger partial charge in [0.1, 0.15) is 0 Å². The number of rotatable bonds is 3. The van der Waals surface area contributed by atoms with E-state index >= 15 is 0 Å². The van der Waals surface area contributed by atoms with Crippen molar-refractivity contribution in [3.05, 3.63) is 69.8 Å². The molecular weight excluding hydrogens is 283 g/mol. The van der Waals surface area contributed by atoms with Crippen LogP contribution in [0, 0.1) is 27.7 Å². The maximum absolute atomic E-state index is 3.02. The van der Waals surface area contributed by atoms with Crippen molar-refractivity contribution in [2.45, 2.75) is 51.9 Å². The summed E-state index contributed by atoms with van der Waals surface area (Å²) in [5.41, 5.74) is 8.93. The van der Waals surface area contributed by atoms with Crippen LogP contribution in [0.15, 0.2) is 36.4 Å². The van der Waals surface area contributed by atoms with Crippen LogP contribution in [0.1, 0.15) is 52.1 Å². The lowest BCUT2D eigenvalue weighted by atomic mass is 9.55. The third kappa shape index (κ3) is 2.63. The molecule has 1 aliphatic rings. The molecular formula is C21H27P. The van der Waals surface area contributed by atoms with E-state index in [2.05, 4.69) is 73.3 Å². The second kappa shape index (κ2) is 5.82. The number of benzene rings is 2. The molecule has 1 saturated carbocycles. The van der Waals surface area contributed by atoms with Crippen molar-refractivity contribution in [2.75, 3.05) is 6.16 Å². The molecule has 0 amide bonds. The molecule has 3 unspecified atom stereocenters. The smallest absolute Gasteiger partial charge is 0.00564 e. The van der Waals surface area contributed by atoms with E-state index in [4.69, 9.17) is 0 Å². The topological polar surface area (TPSA) is 0 Å². The first-order valence-electron chi connectivity index (χ1n) is 8.32. The third-order valence-electron chi connectivity index (χ3n) is 5.35. The molecule has 1 fully saturated rings. The van der Waals surface area contributed by atoms with Crippen LogP contribution in [-0.2, 0) is 5.41 Å². The van der Waals surface area contributed by atoms with E-state index in [-0.39, 0.29) is 0 Å². The molecule has 0 aliphatic heterocycles. The van der Waals surface area contributed by atoms with Gasteiger partial charge in [-0.05, 0) is 63.7 Å². The minimum absolute atomic E-state index is 0.307. The highest BCUT2D eigenvalue weighted by Gasteiger charge is 2.47. The Morgan fingerprint density at radius 1 is 0.864 bits per heavy atom. The van der Waals surface area contributed by atoms with Gasteiger partial charge in [0, 0.05) is 5.41 Å². The molecule has 22 heavy (non-hydrogen) atoms. The van der Waals surface area contributed by atoms with Crippen LogP contribution < -0.4 is 0 Å². The van der Waals surface area contributed by atoms with Crippen LogP contribution in [0.25, 0.3) is 0 Å². The first-order valence-corrected chi connectivity index (χ1v) is 9.13. The summed E-state index contributed by atoms with van der Waals surface area (Å²) in [6, 6.07) is 14.2. The maximum Gasteiger partial charge on any atom is 0.00564 e. The van der Waals surface area contributed by atoms with E-state index in [1.54, 1.807) is 0 Å². The van der Waals surface area contributed by atoms with Gasteiger partial charge >= 0.3 is 0 Å². The highest BCUT2D eigenvalue weighted by molar-refractivity contribution is 7.16. The fraction of sp³-hybridized carbons (Fsp3) is 0.429. The molecule has 0 aromatic heterocycles. The summed E-state index contributed by atoms with van der Waals surface area (Å²) >= 11 is 0. The molecule has 0 nitrogen and oxygen atoms in total. The zero-order valence-electron chi connectivity index (χ0n) is 14.2. The van der Waals surface area contributed by atoms with Crippen molar-refractivity contribution in [2.24, 2.45) is 0 Å². The summed E-state index contributed by atoms with van der Waals surface area (Å²) in [5, 5.41) is 0. The largest absolute Gasteiger partial charge is 0.137 e. The lowest BCUT2D eigenvalue weighted by Crippen LogP contribution is -2.44. The maximum atomic E-state index is 3.02.